The van der Waals surface area contributed by atoms with Gasteiger partial charge in [0.1, 0.15) is 0 Å². The molecule has 0 radical (unpaired) electrons. The molecular weight excluding hydrogens is 797 g/mol. The van der Waals surface area contributed by atoms with E-state index >= 15 is 0 Å². The minimum atomic E-state index is 0.264. The number of hydrogen-bond acceptors (Lipinski definition) is 2. The summed E-state index contributed by atoms with van der Waals surface area (Å²) in [4.78, 5) is 5.45. The van der Waals surface area contributed by atoms with E-state index in [0.717, 1.165) is 43.5 Å². The molecule has 66 heavy (non-hydrogen) atoms. The molecule has 9 aromatic carbocycles. The first-order valence-corrected chi connectivity index (χ1v) is 24.4. The number of hydrogen-bond donors (Lipinski definition) is 0. The van der Waals surface area contributed by atoms with Gasteiger partial charge in [-0.3, -0.25) is 0 Å². The lowest BCUT2D eigenvalue weighted by molar-refractivity contribution is 0.409. The molecule has 4 unspecified atom stereocenters. The summed E-state index contributed by atoms with van der Waals surface area (Å²) in [7, 11) is 0. The van der Waals surface area contributed by atoms with Gasteiger partial charge in [-0.2, -0.15) is 0 Å². The summed E-state index contributed by atoms with van der Waals surface area (Å²) in [5.41, 5.74) is 12.5. The minimum absolute atomic E-state index is 0.264. The van der Waals surface area contributed by atoms with Crippen LogP contribution < -0.4 is 9.80 Å². The van der Waals surface area contributed by atoms with Crippen LogP contribution >= 0.6 is 0 Å². The maximum Gasteiger partial charge on any atom is 0.0619 e. The van der Waals surface area contributed by atoms with Crippen molar-refractivity contribution in [1.82, 2.24) is 0 Å². The summed E-state index contributed by atoms with van der Waals surface area (Å²) in [6.07, 6.45) is 6.70. The quantitative estimate of drug-likeness (QED) is 0.0626. The predicted molar refractivity (Wildman–Crippen MR) is 286 cm³/mol. The normalized spacial score (nSPS) is 13.3. The van der Waals surface area contributed by atoms with Crippen molar-refractivity contribution in [3.8, 4) is 22.3 Å². The van der Waals surface area contributed by atoms with Crippen molar-refractivity contribution in [2.75, 3.05) is 9.80 Å². The van der Waals surface area contributed by atoms with Gasteiger partial charge < -0.3 is 9.80 Å². The second kappa shape index (κ2) is 20.9. The summed E-state index contributed by atoms with van der Waals surface area (Å²) in [5, 5.41) is 5.08. The van der Waals surface area contributed by atoms with Crippen molar-refractivity contribution in [2.24, 2.45) is 0 Å². The van der Waals surface area contributed by atoms with E-state index in [-0.39, 0.29) is 6.04 Å². The monoisotopic (exact) mass is 861 g/mol. The first kappa shape index (κ1) is 44.3. The van der Waals surface area contributed by atoms with E-state index < -0.39 is 0 Å². The third-order valence-corrected chi connectivity index (χ3v) is 13.8. The van der Waals surface area contributed by atoms with Gasteiger partial charge in [-0.05, 0) is 102 Å². The molecule has 330 valence electrons. The minimum Gasteiger partial charge on any atom is -0.365 e. The van der Waals surface area contributed by atoms with Crippen LogP contribution in [0.25, 0.3) is 43.8 Å². The van der Waals surface area contributed by atoms with Crippen molar-refractivity contribution in [1.29, 1.82) is 0 Å². The van der Waals surface area contributed by atoms with Gasteiger partial charge in [-0.15, -0.1) is 0 Å². The van der Waals surface area contributed by atoms with E-state index in [2.05, 4.69) is 256 Å². The smallest absolute Gasteiger partial charge is 0.0619 e. The molecule has 0 aromatic heterocycles. The van der Waals surface area contributed by atoms with Gasteiger partial charge in [0.2, 0.25) is 0 Å². The van der Waals surface area contributed by atoms with E-state index in [9.17, 15) is 0 Å². The van der Waals surface area contributed by atoms with Crippen molar-refractivity contribution >= 4 is 44.3 Å². The van der Waals surface area contributed by atoms with Crippen molar-refractivity contribution < 1.29 is 0 Å². The SMILES string of the molecule is CCCC(CC(C)N(c1c2ccccc2c(N(c2cccc(-c3ccccc3)c2)c2cccc(-c3ccccc3)c2)c2ccccc12)C(CCC)CC(C)c1ccccc1)c1ccccc1. The third kappa shape index (κ3) is 9.56. The summed E-state index contributed by atoms with van der Waals surface area (Å²) < 4.78 is 0. The highest BCUT2D eigenvalue weighted by Crippen LogP contribution is 2.50. The Labute approximate surface area is 394 Å². The first-order chi connectivity index (χ1) is 32.5. The Morgan fingerprint density at radius 2 is 0.788 bits per heavy atom. The van der Waals surface area contributed by atoms with Gasteiger partial charge in [-0.1, -0.05) is 228 Å². The summed E-state index contributed by atoms with van der Waals surface area (Å²) in [6.45, 7) is 9.68. The van der Waals surface area contributed by atoms with Gasteiger partial charge in [0, 0.05) is 45.0 Å². The molecule has 0 aliphatic heterocycles. The van der Waals surface area contributed by atoms with Crippen LogP contribution in [0.15, 0.2) is 218 Å². The lowest BCUT2D eigenvalue weighted by Crippen LogP contribution is -2.44. The fraction of sp³-hybridized carbons (Fsp3) is 0.219. The lowest BCUT2D eigenvalue weighted by atomic mass is 9.85. The van der Waals surface area contributed by atoms with E-state index in [1.165, 1.54) is 72.7 Å². The highest BCUT2D eigenvalue weighted by Gasteiger charge is 2.32. The zero-order chi connectivity index (χ0) is 45.2. The molecule has 0 bridgehead atoms. The average Bonchev–Trinajstić information content (AvgIpc) is 3.38. The summed E-state index contributed by atoms with van der Waals surface area (Å²) in [6, 6.07) is 81.4. The van der Waals surface area contributed by atoms with Crippen LogP contribution in [-0.2, 0) is 0 Å². The number of benzene rings is 9. The topological polar surface area (TPSA) is 6.48 Å². The second-order valence-corrected chi connectivity index (χ2v) is 18.3. The molecule has 9 aromatic rings. The summed E-state index contributed by atoms with van der Waals surface area (Å²) >= 11 is 0. The van der Waals surface area contributed by atoms with Gasteiger partial charge in [0.15, 0.2) is 0 Å². The number of anilines is 4. The van der Waals surface area contributed by atoms with Crippen LogP contribution in [0.2, 0.25) is 0 Å². The molecule has 4 atom stereocenters. The molecule has 0 fully saturated rings. The number of rotatable bonds is 18. The molecule has 2 nitrogen and oxygen atoms in total. The van der Waals surface area contributed by atoms with Crippen molar-refractivity contribution in [3.63, 3.8) is 0 Å². The zero-order valence-electron chi connectivity index (χ0n) is 39.2. The predicted octanol–water partition coefficient (Wildman–Crippen LogP) is 18.3. The Morgan fingerprint density at radius 3 is 1.26 bits per heavy atom. The highest BCUT2D eigenvalue weighted by atomic mass is 15.2. The van der Waals surface area contributed by atoms with Crippen LogP contribution in [0.4, 0.5) is 22.7 Å². The molecule has 2 heteroatoms. The fourth-order valence-electron chi connectivity index (χ4n) is 10.7. The van der Waals surface area contributed by atoms with Crippen LogP contribution in [0, 0.1) is 0 Å². The maximum atomic E-state index is 2.92. The Balaban J connectivity index is 1.30. The van der Waals surface area contributed by atoms with Gasteiger partial charge in [-0.25, -0.2) is 0 Å². The molecule has 9 rings (SSSR count). The molecule has 0 aliphatic carbocycles. The summed E-state index contributed by atoms with van der Waals surface area (Å²) in [5.74, 6) is 0.864. The lowest BCUT2D eigenvalue weighted by Gasteiger charge is -2.43. The molecule has 0 N–H and O–H groups in total. The van der Waals surface area contributed by atoms with E-state index in [0.29, 0.717) is 17.9 Å². The van der Waals surface area contributed by atoms with Gasteiger partial charge in [0.25, 0.3) is 0 Å². The number of nitrogens with zero attached hydrogens (tertiary/aromatic N) is 2. The van der Waals surface area contributed by atoms with Gasteiger partial charge >= 0.3 is 0 Å². The maximum absolute atomic E-state index is 2.92. The largest absolute Gasteiger partial charge is 0.365 e. The Kier molecular flexibility index (Phi) is 14.1. The molecule has 0 heterocycles. The first-order valence-electron chi connectivity index (χ1n) is 24.4. The molecule has 0 amide bonds. The van der Waals surface area contributed by atoms with E-state index in [1.54, 1.807) is 0 Å². The van der Waals surface area contributed by atoms with E-state index in [4.69, 9.17) is 0 Å². The van der Waals surface area contributed by atoms with Gasteiger partial charge in [0.05, 0.1) is 11.4 Å². The molecule has 0 spiro atoms. The standard InChI is InChI=1S/C64H64N2/c1-5-25-53(50-29-13-8-14-30-50)44-48(4)65(56(26-6-2)43-47(3)49-27-11-7-12-28-49)63-59-39-19-21-41-61(59)64(62-42-22-20-40-60(62)63)66(57-37-23-35-54(45-57)51-31-15-9-16-32-51)58-38-24-36-55(46-58)52-33-17-10-18-34-52/h7-24,27-42,45-48,53,56H,5-6,25-26,43-44H2,1-4H3. The highest BCUT2D eigenvalue weighted by molar-refractivity contribution is 6.22. The van der Waals surface area contributed by atoms with E-state index in [1.807, 2.05) is 0 Å². The molecular formula is C64H64N2. The Morgan fingerprint density at radius 1 is 0.379 bits per heavy atom. The van der Waals surface area contributed by atoms with Crippen LogP contribution in [-0.4, -0.2) is 12.1 Å². The molecule has 0 saturated carbocycles. The van der Waals surface area contributed by atoms with Crippen molar-refractivity contribution in [2.45, 2.75) is 90.1 Å². The third-order valence-electron chi connectivity index (χ3n) is 13.8. The Bertz CT molecular complexity index is 2800. The van der Waals surface area contributed by atoms with Crippen molar-refractivity contribution in [3.05, 3.63) is 230 Å². The van der Waals surface area contributed by atoms with Crippen LogP contribution in [0.3, 0.4) is 0 Å². The van der Waals surface area contributed by atoms with Crippen LogP contribution in [0.5, 0.6) is 0 Å². The number of fused-ring (bicyclic) bond motifs is 2. The molecule has 0 aliphatic rings. The van der Waals surface area contributed by atoms with Crippen LogP contribution in [0.1, 0.15) is 89.2 Å². The fourth-order valence-corrected chi connectivity index (χ4v) is 10.7. The molecule has 0 saturated heterocycles. The zero-order valence-corrected chi connectivity index (χ0v) is 39.2. The second-order valence-electron chi connectivity index (χ2n) is 18.3. The Hall–Kier alpha value is -6.90. The average molecular weight is 861 g/mol.